The molecule has 94 valence electrons. The van der Waals surface area contributed by atoms with Gasteiger partial charge in [-0.25, -0.2) is 5.84 Å². The molecule has 0 aliphatic carbocycles. The monoisotopic (exact) mass is 227 g/mol. The Bertz CT molecular complexity index is 218. The minimum absolute atomic E-state index is 0.0539. The Labute approximate surface area is 98.5 Å². The average Bonchev–Trinajstić information content (AvgIpc) is 2.72. The van der Waals surface area contributed by atoms with Crippen molar-refractivity contribution in [3.63, 3.8) is 0 Å². The van der Waals surface area contributed by atoms with Crippen LogP contribution in [0, 0.1) is 5.92 Å². The zero-order valence-corrected chi connectivity index (χ0v) is 10.5. The molecule has 0 radical (unpaired) electrons. The summed E-state index contributed by atoms with van der Waals surface area (Å²) in [6.45, 7) is 6.95. The van der Waals surface area contributed by atoms with Crippen molar-refractivity contribution in [2.45, 2.75) is 52.0 Å². The van der Waals surface area contributed by atoms with E-state index in [0.717, 1.165) is 31.3 Å². The van der Waals surface area contributed by atoms with Gasteiger partial charge in [0.05, 0.1) is 0 Å². The summed E-state index contributed by atoms with van der Waals surface area (Å²) in [6.07, 6.45) is 5.24. The number of hydrogen-bond donors (Lipinski definition) is 2. The lowest BCUT2D eigenvalue weighted by Gasteiger charge is -2.27. The molecule has 0 bridgehead atoms. The maximum absolute atomic E-state index is 10.9. The van der Waals surface area contributed by atoms with Gasteiger partial charge in [0.2, 0.25) is 5.91 Å². The van der Waals surface area contributed by atoms with Gasteiger partial charge in [0, 0.05) is 12.5 Å². The van der Waals surface area contributed by atoms with Gasteiger partial charge in [-0.3, -0.25) is 10.2 Å². The summed E-state index contributed by atoms with van der Waals surface area (Å²) in [5.74, 6) is 5.72. The number of rotatable bonds is 6. The third-order valence-electron chi connectivity index (χ3n) is 3.44. The topological polar surface area (TPSA) is 58.4 Å². The zero-order chi connectivity index (χ0) is 12.0. The van der Waals surface area contributed by atoms with Crippen LogP contribution in [0.15, 0.2) is 0 Å². The number of nitrogens with one attached hydrogen (secondary N) is 1. The van der Waals surface area contributed by atoms with Gasteiger partial charge in [-0.15, -0.1) is 0 Å². The zero-order valence-electron chi connectivity index (χ0n) is 10.5. The van der Waals surface area contributed by atoms with Crippen molar-refractivity contribution in [3.8, 4) is 0 Å². The minimum Gasteiger partial charge on any atom is -0.300 e. The molecule has 4 nitrogen and oxygen atoms in total. The first-order valence-corrected chi connectivity index (χ1v) is 6.38. The molecule has 0 spiro atoms. The van der Waals surface area contributed by atoms with E-state index in [-0.39, 0.29) is 5.91 Å². The molecule has 0 aromatic carbocycles. The van der Waals surface area contributed by atoms with Crippen molar-refractivity contribution < 1.29 is 4.79 Å². The normalized spacial score (nSPS) is 21.6. The Hall–Kier alpha value is -0.610. The molecule has 1 heterocycles. The Morgan fingerprint density at radius 1 is 1.50 bits per heavy atom. The van der Waals surface area contributed by atoms with Gasteiger partial charge in [0.15, 0.2) is 0 Å². The van der Waals surface area contributed by atoms with Crippen LogP contribution in [0.5, 0.6) is 0 Å². The van der Waals surface area contributed by atoms with Crippen molar-refractivity contribution in [1.29, 1.82) is 0 Å². The van der Waals surface area contributed by atoms with Crippen molar-refractivity contribution in [3.05, 3.63) is 0 Å². The van der Waals surface area contributed by atoms with Crippen LogP contribution in [0.25, 0.3) is 0 Å². The van der Waals surface area contributed by atoms with E-state index < -0.39 is 0 Å². The molecule has 1 aliphatic rings. The first kappa shape index (κ1) is 13.5. The van der Waals surface area contributed by atoms with Gasteiger partial charge in [0.25, 0.3) is 0 Å². The summed E-state index contributed by atoms with van der Waals surface area (Å²) in [4.78, 5) is 13.5. The number of amides is 1. The highest BCUT2D eigenvalue weighted by atomic mass is 16.2. The molecule has 0 aromatic rings. The number of hydrazine groups is 1. The van der Waals surface area contributed by atoms with Crippen molar-refractivity contribution >= 4 is 5.91 Å². The summed E-state index contributed by atoms with van der Waals surface area (Å²) < 4.78 is 0. The van der Waals surface area contributed by atoms with Crippen LogP contribution in [-0.2, 0) is 4.79 Å². The quantitative estimate of drug-likeness (QED) is 0.311. The van der Waals surface area contributed by atoms with Crippen molar-refractivity contribution in [2.24, 2.45) is 11.8 Å². The second-order valence-electron chi connectivity index (χ2n) is 5.01. The number of likely N-dealkylation sites (tertiary alicyclic amines) is 1. The highest BCUT2D eigenvalue weighted by molar-refractivity contribution is 5.75. The Morgan fingerprint density at radius 3 is 2.88 bits per heavy atom. The maximum Gasteiger partial charge on any atom is 0.233 e. The van der Waals surface area contributed by atoms with Crippen LogP contribution < -0.4 is 11.3 Å². The standard InChI is InChI=1S/C12H25N3O/c1-10(2)11-6-5-9-15(11)8-4-3-7-12(16)14-13/h10-11H,3-9,13H2,1-2H3,(H,14,16). The van der Waals surface area contributed by atoms with Crippen molar-refractivity contribution in [2.75, 3.05) is 13.1 Å². The van der Waals surface area contributed by atoms with Crippen LogP contribution >= 0.6 is 0 Å². The first-order valence-electron chi connectivity index (χ1n) is 6.38. The summed E-state index contributed by atoms with van der Waals surface area (Å²) >= 11 is 0. The van der Waals surface area contributed by atoms with E-state index in [1.807, 2.05) is 0 Å². The minimum atomic E-state index is -0.0539. The molecule has 1 unspecified atom stereocenters. The highest BCUT2D eigenvalue weighted by Crippen LogP contribution is 2.23. The number of nitrogens with zero attached hydrogens (tertiary/aromatic N) is 1. The molecule has 1 saturated heterocycles. The van der Waals surface area contributed by atoms with Crippen LogP contribution in [0.1, 0.15) is 46.0 Å². The van der Waals surface area contributed by atoms with E-state index >= 15 is 0 Å². The molecule has 3 N–H and O–H groups in total. The van der Waals surface area contributed by atoms with Crippen molar-refractivity contribution in [1.82, 2.24) is 10.3 Å². The predicted octanol–water partition coefficient (Wildman–Crippen LogP) is 1.27. The van der Waals surface area contributed by atoms with Crippen LogP contribution in [0.3, 0.4) is 0 Å². The second kappa shape index (κ2) is 6.86. The smallest absolute Gasteiger partial charge is 0.233 e. The summed E-state index contributed by atoms with van der Waals surface area (Å²) in [7, 11) is 0. The molecule has 1 aliphatic heterocycles. The lowest BCUT2D eigenvalue weighted by atomic mass is 10.0. The maximum atomic E-state index is 10.9. The molecule has 1 rings (SSSR count). The fraction of sp³-hybridized carbons (Fsp3) is 0.917. The molecule has 0 saturated carbocycles. The van der Waals surface area contributed by atoms with E-state index in [2.05, 4.69) is 24.2 Å². The number of nitrogens with two attached hydrogens (primary N) is 1. The fourth-order valence-corrected chi connectivity index (χ4v) is 2.56. The van der Waals surface area contributed by atoms with Gasteiger partial charge in [0.1, 0.15) is 0 Å². The molecule has 1 amide bonds. The number of unbranched alkanes of at least 4 members (excludes halogenated alkanes) is 1. The lowest BCUT2D eigenvalue weighted by molar-refractivity contribution is -0.121. The fourth-order valence-electron chi connectivity index (χ4n) is 2.56. The molecule has 1 fully saturated rings. The Kier molecular flexibility index (Phi) is 5.77. The Balaban J connectivity index is 2.14. The summed E-state index contributed by atoms with van der Waals surface area (Å²) in [5.41, 5.74) is 2.17. The molecule has 1 atom stereocenters. The van der Waals surface area contributed by atoms with Crippen LogP contribution in [-0.4, -0.2) is 29.9 Å². The van der Waals surface area contributed by atoms with E-state index in [1.54, 1.807) is 0 Å². The van der Waals surface area contributed by atoms with Gasteiger partial charge < -0.3 is 4.90 Å². The molecule has 16 heavy (non-hydrogen) atoms. The second-order valence-corrected chi connectivity index (χ2v) is 5.01. The lowest BCUT2D eigenvalue weighted by Crippen LogP contribution is -2.34. The third kappa shape index (κ3) is 4.10. The molecular formula is C12H25N3O. The SMILES string of the molecule is CC(C)C1CCCN1CCCCC(=O)NN. The molecule has 4 heteroatoms. The summed E-state index contributed by atoms with van der Waals surface area (Å²) in [6, 6.07) is 0.753. The van der Waals surface area contributed by atoms with Gasteiger partial charge in [-0.05, 0) is 44.7 Å². The highest BCUT2D eigenvalue weighted by Gasteiger charge is 2.26. The first-order chi connectivity index (χ1) is 7.65. The van der Waals surface area contributed by atoms with E-state index in [1.165, 1.54) is 19.4 Å². The van der Waals surface area contributed by atoms with Crippen LogP contribution in [0.4, 0.5) is 0 Å². The number of carbonyl (C=O) groups excluding carboxylic acids is 1. The summed E-state index contributed by atoms with van der Waals surface area (Å²) in [5, 5.41) is 0. The van der Waals surface area contributed by atoms with E-state index in [0.29, 0.717) is 6.42 Å². The van der Waals surface area contributed by atoms with E-state index in [4.69, 9.17) is 5.84 Å². The van der Waals surface area contributed by atoms with Gasteiger partial charge in [-0.1, -0.05) is 13.8 Å². The predicted molar refractivity (Wildman–Crippen MR) is 65.6 cm³/mol. The number of hydrogen-bond acceptors (Lipinski definition) is 3. The Morgan fingerprint density at radius 2 is 2.25 bits per heavy atom. The van der Waals surface area contributed by atoms with E-state index in [9.17, 15) is 4.79 Å². The van der Waals surface area contributed by atoms with Gasteiger partial charge in [-0.2, -0.15) is 0 Å². The number of carbonyl (C=O) groups is 1. The average molecular weight is 227 g/mol. The third-order valence-corrected chi connectivity index (χ3v) is 3.44. The largest absolute Gasteiger partial charge is 0.300 e. The van der Waals surface area contributed by atoms with Crippen LogP contribution in [0.2, 0.25) is 0 Å². The van der Waals surface area contributed by atoms with Gasteiger partial charge >= 0.3 is 0 Å². The molecule has 0 aromatic heterocycles. The molecular weight excluding hydrogens is 202 g/mol.